The Balaban J connectivity index is 2.44. The van der Waals surface area contributed by atoms with E-state index in [9.17, 15) is 4.79 Å². The van der Waals surface area contributed by atoms with E-state index >= 15 is 0 Å². The van der Waals surface area contributed by atoms with Gasteiger partial charge in [0.15, 0.2) is 0 Å². The van der Waals surface area contributed by atoms with E-state index in [1.54, 1.807) is 6.07 Å². The molecule has 1 amide bonds. The van der Waals surface area contributed by atoms with Crippen molar-refractivity contribution in [2.75, 3.05) is 12.3 Å². The van der Waals surface area contributed by atoms with Crippen LogP contribution in [0, 0.1) is 6.92 Å². The van der Waals surface area contributed by atoms with Gasteiger partial charge in [0.25, 0.3) is 0 Å². The highest BCUT2D eigenvalue weighted by molar-refractivity contribution is 5.68. The normalized spacial score (nSPS) is 11.6. The second-order valence-corrected chi connectivity index (χ2v) is 5.20. The standard InChI is InChI=1S/C14H21N3O2/c1-10-11(7-8-12(15)17-10)6-5-9-16-13(18)19-14(2,3)4/h5-8H,9H2,1-4H3,(H2,15,17)(H,16,18). The number of hydrogen-bond acceptors (Lipinski definition) is 4. The van der Waals surface area contributed by atoms with Crippen LogP contribution in [-0.4, -0.2) is 23.2 Å². The highest BCUT2D eigenvalue weighted by Crippen LogP contribution is 2.09. The lowest BCUT2D eigenvalue weighted by Crippen LogP contribution is -2.32. The Kier molecular flexibility index (Phi) is 4.92. The first-order chi connectivity index (χ1) is 8.78. The van der Waals surface area contributed by atoms with Crippen molar-refractivity contribution in [3.05, 3.63) is 29.5 Å². The maximum Gasteiger partial charge on any atom is 0.407 e. The van der Waals surface area contributed by atoms with E-state index in [4.69, 9.17) is 10.5 Å². The number of nitrogen functional groups attached to an aromatic ring is 1. The molecule has 0 unspecified atom stereocenters. The minimum atomic E-state index is -0.481. The zero-order chi connectivity index (χ0) is 14.5. The minimum absolute atomic E-state index is 0.402. The number of carbonyl (C=O) groups excluding carboxylic acids is 1. The first kappa shape index (κ1) is 15.0. The van der Waals surface area contributed by atoms with Gasteiger partial charge in [0.05, 0.1) is 0 Å². The van der Waals surface area contributed by atoms with Gasteiger partial charge in [-0.25, -0.2) is 9.78 Å². The molecule has 0 spiro atoms. The molecule has 0 aromatic carbocycles. The lowest BCUT2D eigenvalue weighted by molar-refractivity contribution is 0.0534. The fraction of sp³-hybridized carbons (Fsp3) is 0.429. The highest BCUT2D eigenvalue weighted by Gasteiger charge is 2.14. The smallest absolute Gasteiger partial charge is 0.407 e. The summed E-state index contributed by atoms with van der Waals surface area (Å²) in [6.45, 7) is 7.76. The van der Waals surface area contributed by atoms with Crippen LogP contribution < -0.4 is 11.1 Å². The predicted molar refractivity (Wildman–Crippen MR) is 76.7 cm³/mol. The molecule has 0 fully saturated rings. The molecule has 5 nitrogen and oxygen atoms in total. The van der Waals surface area contributed by atoms with E-state index in [0.717, 1.165) is 11.3 Å². The van der Waals surface area contributed by atoms with Crippen molar-refractivity contribution in [1.29, 1.82) is 0 Å². The Bertz CT molecular complexity index is 476. The van der Waals surface area contributed by atoms with E-state index in [-0.39, 0.29) is 0 Å². The molecule has 0 aliphatic rings. The van der Waals surface area contributed by atoms with Crippen LogP contribution in [0.25, 0.3) is 6.08 Å². The molecule has 1 heterocycles. The van der Waals surface area contributed by atoms with Crippen LogP contribution in [0.2, 0.25) is 0 Å². The molecule has 0 radical (unpaired) electrons. The van der Waals surface area contributed by atoms with E-state index in [1.165, 1.54) is 0 Å². The van der Waals surface area contributed by atoms with Gasteiger partial charge in [-0.1, -0.05) is 12.2 Å². The molecule has 1 rings (SSSR count). The molecule has 1 aromatic rings. The van der Waals surface area contributed by atoms with Crippen LogP contribution in [0.3, 0.4) is 0 Å². The number of aromatic nitrogens is 1. The van der Waals surface area contributed by atoms with Crippen LogP contribution >= 0.6 is 0 Å². The Morgan fingerprint density at radius 1 is 1.47 bits per heavy atom. The summed E-state index contributed by atoms with van der Waals surface area (Å²) < 4.78 is 5.12. The topological polar surface area (TPSA) is 77.2 Å². The summed E-state index contributed by atoms with van der Waals surface area (Å²) in [6, 6.07) is 3.63. The molecule has 0 bridgehead atoms. The van der Waals surface area contributed by atoms with E-state index < -0.39 is 11.7 Å². The number of nitrogens with one attached hydrogen (secondary N) is 1. The van der Waals surface area contributed by atoms with Crippen molar-refractivity contribution >= 4 is 18.0 Å². The summed E-state index contributed by atoms with van der Waals surface area (Å²) in [7, 11) is 0. The van der Waals surface area contributed by atoms with Crippen molar-refractivity contribution in [2.45, 2.75) is 33.3 Å². The summed E-state index contributed by atoms with van der Waals surface area (Å²) in [6.07, 6.45) is 3.30. The van der Waals surface area contributed by atoms with Crippen molar-refractivity contribution in [3.63, 3.8) is 0 Å². The molecule has 0 aliphatic carbocycles. The quantitative estimate of drug-likeness (QED) is 0.878. The van der Waals surface area contributed by atoms with Gasteiger partial charge >= 0.3 is 6.09 Å². The third-order valence-electron chi connectivity index (χ3n) is 2.21. The molecule has 0 aliphatic heterocycles. The fourth-order valence-electron chi connectivity index (χ4n) is 1.41. The molecule has 5 heteroatoms. The van der Waals surface area contributed by atoms with Gasteiger partial charge in [0, 0.05) is 12.2 Å². The highest BCUT2D eigenvalue weighted by atomic mass is 16.6. The summed E-state index contributed by atoms with van der Waals surface area (Å²) >= 11 is 0. The molecule has 104 valence electrons. The van der Waals surface area contributed by atoms with Crippen molar-refractivity contribution in [3.8, 4) is 0 Å². The van der Waals surface area contributed by atoms with E-state index in [2.05, 4.69) is 10.3 Å². The number of anilines is 1. The van der Waals surface area contributed by atoms with Gasteiger partial charge in [-0.3, -0.25) is 0 Å². The Morgan fingerprint density at radius 3 is 2.74 bits per heavy atom. The molecule has 19 heavy (non-hydrogen) atoms. The summed E-state index contributed by atoms with van der Waals surface area (Å²) in [4.78, 5) is 15.5. The summed E-state index contributed by atoms with van der Waals surface area (Å²) in [5.41, 5.74) is 6.92. The van der Waals surface area contributed by atoms with Gasteiger partial charge in [-0.05, 0) is 45.4 Å². The van der Waals surface area contributed by atoms with Crippen LogP contribution in [0.1, 0.15) is 32.0 Å². The van der Waals surface area contributed by atoms with Gasteiger partial charge in [-0.2, -0.15) is 0 Å². The van der Waals surface area contributed by atoms with Crippen LogP contribution in [0.5, 0.6) is 0 Å². The predicted octanol–water partition coefficient (Wildman–Crippen LogP) is 2.51. The lowest BCUT2D eigenvalue weighted by Gasteiger charge is -2.19. The first-order valence-electron chi connectivity index (χ1n) is 6.14. The largest absolute Gasteiger partial charge is 0.444 e. The molecule has 0 atom stereocenters. The number of ether oxygens (including phenoxy) is 1. The maximum atomic E-state index is 11.4. The Labute approximate surface area is 113 Å². The van der Waals surface area contributed by atoms with Crippen molar-refractivity contribution < 1.29 is 9.53 Å². The number of aryl methyl sites for hydroxylation is 1. The van der Waals surface area contributed by atoms with Gasteiger partial charge in [-0.15, -0.1) is 0 Å². The molecular weight excluding hydrogens is 242 g/mol. The van der Waals surface area contributed by atoms with Crippen LogP contribution in [-0.2, 0) is 4.74 Å². The van der Waals surface area contributed by atoms with E-state index in [0.29, 0.717) is 12.4 Å². The van der Waals surface area contributed by atoms with Gasteiger partial charge < -0.3 is 15.8 Å². The fourth-order valence-corrected chi connectivity index (χ4v) is 1.41. The van der Waals surface area contributed by atoms with Crippen LogP contribution in [0.15, 0.2) is 18.2 Å². The zero-order valence-corrected chi connectivity index (χ0v) is 11.9. The van der Waals surface area contributed by atoms with Crippen molar-refractivity contribution in [2.24, 2.45) is 0 Å². The number of amides is 1. The minimum Gasteiger partial charge on any atom is -0.444 e. The molecular formula is C14H21N3O2. The molecule has 1 aromatic heterocycles. The SMILES string of the molecule is Cc1nc(N)ccc1C=CCNC(=O)OC(C)(C)C. The average Bonchev–Trinajstić information content (AvgIpc) is 2.24. The number of hydrogen-bond donors (Lipinski definition) is 2. The monoisotopic (exact) mass is 263 g/mol. The number of carbonyl (C=O) groups is 1. The third kappa shape index (κ3) is 5.90. The lowest BCUT2D eigenvalue weighted by atomic mass is 10.2. The third-order valence-corrected chi connectivity index (χ3v) is 2.21. The van der Waals surface area contributed by atoms with Crippen LogP contribution in [0.4, 0.5) is 10.6 Å². The van der Waals surface area contributed by atoms with E-state index in [1.807, 2.05) is 45.9 Å². The molecule has 0 saturated carbocycles. The second-order valence-electron chi connectivity index (χ2n) is 5.20. The number of pyridine rings is 1. The Hall–Kier alpha value is -2.04. The van der Waals surface area contributed by atoms with Crippen molar-refractivity contribution in [1.82, 2.24) is 10.3 Å². The second kappa shape index (κ2) is 6.22. The number of alkyl carbamates (subject to hydrolysis) is 1. The van der Waals surface area contributed by atoms with Gasteiger partial charge in [0.2, 0.25) is 0 Å². The zero-order valence-electron chi connectivity index (χ0n) is 11.9. The summed E-state index contributed by atoms with van der Waals surface area (Å²) in [5, 5.41) is 2.65. The number of nitrogens with zero attached hydrogens (tertiary/aromatic N) is 1. The van der Waals surface area contributed by atoms with Gasteiger partial charge in [0.1, 0.15) is 11.4 Å². The number of rotatable bonds is 3. The molecule has 0 saturated heterocycles. The molecule has 3 N–H and O–H groups in total. The maximum absolute atomic E-state index is 11.4. The Morgan fingerprint density at radius 2 is 2.16 bits per heavy atom. The average molecular weight is 263 g/mol. The summed E-state index contributed by atoms with van der Waals surface area (Å²) in [5.74, 6) is 0.501. The first-order valence-corrected chi connectivity index (χ1v) is 6.14. The number of nitrogens with two attached hydrogens (primary N) is 1.